The lowest BCUT2D eigenvalue weighted by atomic mass is 10.2. The van der Waals surface area contributed by atoms with Gasteiger partial charge in [-0.3, -0.25) is 0 Å². The molecule has 2 rings (SSSR count). The van der Waals surface area contributed by atoms with Crippen LogP contribution in [0, 0.1) is 3.57 Å². The summed E-state index contributed by atoms with van der Waals surface area (Å²) in [5, 5.41) is 3.36. The van der Waals surface area contributed by atoms with Crippen LogP contribution in [0.3, 0.4) is 0 Å². The van der Waals surface area contributed by atoms with Gasteiger partial charge in [0.05, 0.1) is 0 Å². The Kier molecular flexibility index (Phi) is 3.05. The molecule has 0 amide bonds. The summed E-state index contributed by atoms with van der Waals surface area (Å²) < 4.78 is 1.31. The van der Waals surface area contributed by atoms with E-state index < -0.39 is 0 Å². The van der Waals surface area contributed by atoms with E-state index in [1.807, 2.05) is 0 Å². The number of hydrogen-bond donors (Lipinski definition) is 1. The third-order valence-corrected chi connectivity index (χ3v) is 2.96. The van der Waals surface area contributed by atoms with Gasteiger partial charge >= 0.3 is 0 Å². The van der Waals surface area contributed by atoms with Crippen LogP contribution in [0.5, 0.6) is 0 Å². The first-order chi connectivity index (χ1) is 6.36. The molecule has 0 unspecified atom stereocenters. The quantitative estimate of drug-likeness (QED) is 0.791. The molecule has 0 aromatic heterocycles. The molecule has 0 atom stereocenters. The van der Waals surface area contributed by atoms with Crippen LogP contribution in [-0.2, 0) is 0 Å². The number of piperazine rings is 1. The first-order valence-corrected chi connectivity index (χ1v) is 5.65. The van der Waals surface area contributed by atoms with E-state index in [0.717, 1.165) is 26.2 Å². The SMILES string of the molecule is Ic1cccc(N2CCNCC2)c1. The zero-order valence-corrected chi connectivity index (χ0v) is 9.62. The largest absolute Gasteiger partial charge is 0.369 e. The summed E-state index contributed by atoms with van der Waals surface area (Å²) in [5.41, 5.74) is 1.36. The van der Waals surface area contributed by atoms with Crippen molar-refractivity contribution in [2.24, 2.45) is 0 Å². The molecule has 0 saturated carbocycles. The first-order valence-electron chi connectivity index (χ1n) is 4.57. The average molecular weight is 288 g/mol. The van der Waals surface area contributed by atoms with Crippen molar-refractivity contribution in [2.75, 3.05) is 31.1 Å². The Bertz CT molecular complexity index is 282. The number of rotatable bonds is 1. The summed E-state index contributed by atoms with van der Waals surface area (Å²) in [7, 11) is 0. The molecule has 1 aromatic carbocycles. The van der Waals surface area contributed by atoms with E-state index in [9.17, 15) is 0 Å². The average Bonchev–Trinajstić information content (AvgIpc) is 2.19. The second-order valence-corrected chi connectivity index (χ2v) is 4.46. The number of benzene rings is 1. The summed E-state index contributed by atoms with van der Waals surface area (Å²) in [6.07, 6.45) is 0. The molecule has 1 fully saturated rings. The Hall–Kier alpha value is -0.290. The minimum Gasteiger partial charge on any atom is -0.369 e. The van der Waals surface area contributed by atoms with Crippen LogP contribution in [-0.4, -0.2) is 26.2 Å². The Balaban J connectivity index is 2.14. The maximum atomic E-state index is 3.36. The van der Waals surface area contributed by atoms with E-state index in [4.69, 9.17) is 0 Å². The molecule has 2 nitrogen and oxygen atoms in total. The van der Waals surface area contributed by atoms with Crippen molar-refractivity contribution in [3.05, 3.63) is 27.8 Å². The third-order valence-electron chi connectivity index (χ3n) is 2.29. The Labute approximate surface area is 92.5 Å². The van der Waals surface area contributed by atoms with Crippen LogP contribution in [0.25, 0.3) is 0 Å². The van der Waals surface area contributed by atoms with Gasteiger partial charge in [0, 0.05) is 35.4 Å². The van der Waals surface area contributed by atoms with E-state index in [2.05, 4.69) is 57.1 Å². The number of anilines is 1. The summed E-state index contributed by atoms with van der Waals surface area (Å²) in [4.78, 5) is 2.43. The number of nitrogens with one attached hydrogen (secondary N) is 1. The van der Waals surface area contributed by atoms with Gasteiger partial charge in [-0.25, -0.2) is 0 Å². The summed E-state index contributed by atoms with van der Waals surface area (Å²) in [6.45, 7) is 4.46. The monoisotopic (exact) mass is 288 g/mol. The van der Waals surface area contributed by atoms with Gasteiger partial charge in [-0.1, -0.05) is 6.07 Å². The second kappa shape index (κ2) is 4.28. The molecule has 0 radical (unpaired) electrons. The fourth-order valence-corrected chi connectivity index (χ4v) is 2.12. The van der Waals surface area contributed by atoms with Crippen molar-refractivity contribution in [1.29, 1.82) is 0 Å². The highest BCUT2D eigenvalue weighted by Crippen LogP contribution is 2.17. The molecule has 1 aromatic rings. The van der Waals surface area contributed by atoms with Gasteiger partial charge in [0.25, 0.3) is 0 Å². The van der Waals surface area contributed by atoms with Gasteiger partial charge in [-0.05, 0) is 40.8 Å². The van der Waals surface area contributed by atoms with Crippen LogP contribution >= 0.6 is 22.6 Å². The van der Waals surface area contributed by atoms with E-state index in [-0.39, 0.29) is 0 Å². The molecule has 0 spiro atoms. The van der Waals surface area contributed by atoms with Crippen molar-refractivity contribution >= 4 is 28.3 Å². The molecule has 1 aliphatic rings. The molecule has 1 aliphatic heterocycles. The van der Waals surface area contributed by atoms with Gasteiger partial charge in [-0.15, -0.1) is 0 Å². The Morgan fingerprint density at radius 3 is 2.69 bits per heavy atom. The molecule has 70 valence electrons. The molecule has 13 heavy (non-hydrogen) atoms. The predicted molar refractivity (Wildman–Crippen MR) is 64.2 cm³/mol. The normalized spacial score (nSPS) is 17.5. The minimum absolute atomic E-state index is 1.10. The molecule has 1 saturated heterocycles. The zero-order chi connectivity index (χ0) is 9.10. The van der Waals surface area contributed by atoms with E-state index in [1.165, 1.54) is 9.26 Å². The molecule has 0 aliphatic carbocycles. The van der Waals surface area contributed by atoms with Crippen LogP contribution in [0.4, 0.5) is 5.69 Å². The van der Waals surface area contributed by atoms with Gasteiger partial charge in [-0.2, -0.15) is 0 Å². The van der Waals surface area contributed by atoms with Gasteiger partial charge in [0.15, 0.2) is 0 Å². The number of hydrogen-bond acceptors (Lipinski definition) is 2. The summed E-state index contributed by atoms with van der Waals surface area (Å²) in [5.74, 6) is 0. The molecule has 3 heteroatoms. The van der Waals surface area contributed by atoms with E-state index >= 15 is 0 Å². The summed E-state index contributed by atoms with van der Waals surface area (Å²) >= 11 is 2.36. The van der Waals surface area contributed by atoms with Gasteiger partial charge in [0.2, 0.25) is 0 Å². The van der Waals surface area contributed by atoms with Crippen molar-refractivity contribution in [3.8, 4) is 0 Å². The molecule has 1 heterocycles. The van der Waals surface area contributed by atoms with Crippen LogP contribution in [0.15, 0.2) is 24.3 Å². The van der Waals surface area contributed by atoms with E-state index in [0.29, 0.717) is 0 Å². The first kappa shape index (κ1) is 9.27. The van der Waals surface area contributed by atoms with Crippen molar-refractivity contribution in [3.63, 3.8) is 0 Å². The van der Waals surface area contributed by atoms with Crippen molar-refractivity contribution in [1.82, 2.24) is 5.32 Å². The molecule has 1 N–H and O–H groups in total. The Morgan fingerprint density at radius 2 is 2.00 bits per heavy atom. The lowest BCUT2D eigenvalue weighted by molar-refractivity contribution is 0.589. The van der Waals surface area contributed by atoms with Gasteiger partial charge in [0.1, 0.15) is 0 Å². The van der Waals surface area contributed by atoms with Crippen LogP contribution < -0.4 is 10.2 Å². The highest BCUT2D eigenvalue weighted by Gasteiger charge is 2.09. The standard InChI is InChI=1S/C10H13IN2/c11-9-2-1-3-10(8-9)13-6-4-12-5-7-13/h1-3,8,12H,4-7H2. The lowest BCUT2D eigenvalue weighted by Crippen LogP contribution is -2.43. The molecule has 0 bridgehead atoms. The Morgan fingerprint density at radius 1 is 1.23 bits per heavy atom. The minimum atomic E-state index is 1.10. The zero-order valence-electron chi connectivity index (χ0n) is 7.46. The van der Waals surface area contributed by atoms with Crippen LogP contribution in [0.2, 0.25) is 0 Å². The maximum absolute atomic E-state index is 3.36. The van der Waals surface area contributed by atoms with Gasteiger partial charge < -0.3 is 10.2 Å². The highest BCUT2D eigenvalue weighted by atomic mass is 127. The molecular formula is C10H13IN2. The topological polar surface area (TPSA) is 15.3 Å². The highest BCUT2D eigenvalue weighted by molar-refractivity contribution is 14.1. The fraction of sp³-hybridized carbons (Fsp3) is 0.400. The third kappa shape index (κ3) is 2.34. The number of nitrogens with zero attached hydrogens (tertiary/aromatic N) is 1. The van der Waals surface area contributed by atoms with Crippen LogP contribution in [0.1, 0.15) is 0 Å². The van der Waals surface area contributed by atoms with Crippen molar-refractivity contribution < 1.29 is 0 Å². The fourth-order valence-electron chi connectivity index (χ4n) is 1.60. The lowest BCUT2D eigenvalue weighted by Gasteiger charge is -2.29. The second-order valence-electron chi connectivity index (χ2n) is 3.22. The predicted octanol–water partition coefficient (Wildman–Crippen LogP) is 1.70. The smallest absolute Gasteiger partial charge is 0.0377 e. The maximum Gasteiger partial charge on any atom is 0.0377 e. The van der Waals surface area contributed by atoms with Crippen molar-refractivity contribution in [2.45, 2.75) is 0 Å². The summed E-state index contributed by atoms with van der Waals surface area (Å²) in [6, 6.07) is 8.69. The number of halogens is 1. The molecular weight excluding hydrogens is 275 g/mol. The van der Waals surface area contributed by atoms with E-state index in [1.54, 1.807) is 0 Å².